The highest BCUT2D eigenvalue weighted by molar-refractivity contribution is 7.93. The van der Waals surface area contributed by atoms with E-state index < -0.39 is 20.0 Å². The molecule has 1 N–H and O–H groups in total. The van der Waals surface area contributed by atoms with Crippen molar-refractivity contribution in [2.75, 3.05) is 29.4 Å². The summed E-state index contributed by atoms with van der Waals surface area (Å²) >= 11 is 0. The summed E-state index contributed by atoms with van der Waals surface area (Å²) in [7, 11) is -4.79. The van der Waals surface area contributed by atoms with Gasteiger partial charge in [0.05, 0.1) is 29.6 Å². The van der Waals surface area contributed by atoms with E-state index in [1.54, 1.807) is 0 Å². The van der Waals surface area contributed by atoms with Crippen molar-refractivity contribution in [3.63, 3.8) is 0 Å². The van der Waals surface area contributed by atoms with E-state index in [2.05, 4.69) is 4.72 Å². The summed E-state index contributed by atoms with van der Waals surface area (Å²) in [4.78, 5) is -0.0619. The van der Waals surface area contributed by atoms with Crippen molar-refractivity contribution >= 4 is 31.4 Å². The van der Waals surface area contributed by atoms with Gasteiger partial charge in [-0.25, -0.2) is 16.8 Å². The van der Waals surface area contributed by atoms with Crippen molar-refractivity contribution in [3.05, 3.63) is 47.0 Å². The maximum Gasteiger partial charge on any atom is 0.261 e. The van der Waals surface area contributed by atoms with E-state index in [1.807, 2.05) is 32.9 Å². The molecule has 2 aromatic rings. The van der Waals surface area contributed by atoms with Crippen LogP contribution in [-0.4, -0.2) is 37.2 Å². The summed E-state index contributed by atoms with van der Waals surface area (Å²) in [6, 6.07) is 7.87. The predicted molar refractivity (Wildman–Crippen MR) is 108 cm³/mol. The minimum atomic E-state index is -3.92. The molecule has 0 amide bonds. The molecule has 7 nitrogen and oxygen atoms in total. The summed E-state index contributed by atoms with van der Waals surface area (Å²) in [5, 5.41) is 0. The van der Waals surface area contributed by atoms with Crippen LogP contribution in [0.15, 0.2) is 35.2 Å². The molecule has 0 heterocycles. The quantitative estimate of drug-likeness (QED) is 0.788. The van der Waals surface area contributed by atoms with Crippen LogP contribution in [-0.2, 0) is 20.0 Å². The Hall–Kier alpha value is -2.26. The van der Waals surface area contributed by atoms with Gasteiger partial charge < -0.3 is 4.74 Å². The molecule has 0 atom stereocenters. The number of hydrogen-bond donors (Lipinski definition) is 1. The van der Waals surface area contributed by atoms with E-state index in [4.69, 9.17) is 4.74 Å². The number of nitrogens with one attached hydrogen (secondary N) is 1. The fourth-order valence-corrected chi connectivity index (χ4v) is 4.52. The number of ether oxygens (including phenoxy) is 1. The molecule has 27 heavy (non-hydrogen) atoms. The normalized spacial score (nSPS) is 11.9. The summed E-state index contributed by atoms with van der Waals surface area (Å²) in [5.41, 5.74) is 3.29. The van der Waals surface area contributed by atoms with Gasteiger partial charge in [-0.1, -0.05) is 17.7 Å². The fourth-order valence-electron chi connectivity index (χ4n) is 2.80. The number of hydrogen-bond acceptors (Lipinski definition) is 5. The lowest BCUT2D eigenvalue weighted by molar-refractivity contribution is 0.415. The zero-order chi connectivity index (χ0) is 20.6. The highest BCUT2D eigenvalue weighted by atomic mass is 32.2. The molecule has 0 aromatic heterocycles. The Bertz CT molecular complexity index is 1050. The third-order valence-corrected chi connectivity index (χ3v) is 6.75. The second-order valence-electron chi connectivity index (χ2n) is 6.44. The van der Waals surface area contributed by atoms with Crippen LogP contribution in [0, 0.1) is 20.8 Å². The van der Waals surface area contributed by atoms with E-state index in [9.17, 15) is 16.8 Å². The largest absolute Gasteiger partial charge is 0.495 e. The molecule has 9 heteroatoms. The van der Waals surface area contributed by atoms with Gasteiger partial charge in [0, 0.05) is 7.05 Å². The van der Waals surface area contributed by atoms with Crippen LogP contribution in [0.2, 0.25) is 0 Å². The summed E-state index contributed by atoms with van der Waals surface area (Å²) in [6.07, 6.45) is 1.03. The molecular weight excluding hydrogens is 388 g/mol. The number of aryl methyl sites for hydroxylation is 3. The molecule has 2 aromatic carbocycles. The van der Waals surface area contributed by atoms with Crippen LogP contribution >= 0.6 is 0 Å². The average Bonchev–Trinajstić information content (AvgIpc) is 2.56. The zero-order valence-corrected chi connectivity index (χ0v) is 17.8. The molecule has 0 spiro atoms. The fraction of sp³-hybridized carbons (Fsp3) is 0.333. The first-order valence-corrected chi connectivity index (χ1v) is 11.4. The monoisotopic (exact) mass is 412 g/mol. The highest BCUT2D eigenvalue weighted by Crippen LogP contribution is 2.33. The van der Waals surface area contributed by atoms with Gasteiger partial charge in [0.2, 0.25) is 10.0 Å². The van der Waals surface area contributed by atoms with Gasteiger partial charge in [0.15, 0.2) is 0 Å². The Morgan fingerprint density at radius 3 is 2.00 bits per heavy atom. The topological polar surface area (TPSA) is 92.8 Å². The van der Waals surface area contributed by atoms with Gasteiger partial charge >= 0.3 is 0 Å². The molecule has 0 fully saturated rings. The average molecular weight is 413 g/mol. The van der Waals surface area contributed by atoms with Gasteiger partial charge in [0.25, 0.3) is 10.0 Å². The van der Waals surface area contributed by atoms with Crippen molar-refractivity contribution in [2.24, 2.45) is 0 Å². The van der Waals surface area contributed by atoms with Gasteiger partial charge in [-0.2, -0.15) is 0 Å². The minimum absolute atomic E-state index is 0.0619. The third-order valence-electron chi connectivity index (χ3n) is 4.21. The molecule has 0 radical (unpaired) electrons. The van der Waals surface area contributed by atoms with Crippen LogP contribution in [0.5, 0.6) is 5.75 Å². The molecule has 0 saturated carbocycles. The highest BCUT2D eigenvalue weighted by Gasteiger charge is 2.22. The number of nitrogens with zero attached hydrogens (tertiary/aromatic N) is 1. The smallest absolute Gasteiger partial charge is 0.261 e. The van der Waals surface area contributed by atoms with E-state index in [0.29, 0.717) is 5.69 Å². The van der Waals surface area contributed by atoms with E-state index in [1.165, 1.54) is 32.4 Å². The predicted octanol–water partition coefficient (Wildman–Crippen LogP) is 2.82. The zero-order valence-electron chi connectivity index (χ0n) is 16.2. The molecule has 0 aliphatic heterocycles. The maximum absolute atomic E-state index is 12.9. The maximum atomic E-state index is 12.9. The molecule has 0 unspecified atom stereocenters. The van der Waals surface area contributed by atoms with Crippen molar-refractivity contribution < 1.29 is 21.6 Å². The Morgan fingerprint density at radius 2 is 1.52 bits per heavy atom. The lowest BCUT2D eigenvalue weighted by Crippen LogP contribution is -2.26. The third kappa shape index (κ3) is 4.54. The number of sulfonamides is 2. The molecule has 2 rings (SSSR count). The Labute approximate surface area is 161 Å². The first-order chi connectivity index (χ1) is 12.4. The van der Waals surface area contributed by atoms with Crippen LogP contribution in [0.1, 0.15) is 16.7 Å². The Balaban J connectivity index is 2.54. The van der Waals surface area contributed by atoms with E-state index in [-0.39, 0.29) is 16.3 Å². The van der Waals surface area contributed by atoms with Crippen molar-refractivity contribution in [1.82, 2.24) is 0 Å². The number of anilines is 2. The van der Waals surface area contributed by atoms with Crippen LogP contribution in [0.25, 0.3) is 0 Å². The van der Waals surface area contributed by atoms with Gasteiger partial charge in [0.1, 0.15) is 5.75 Å². The number of rotatable bonds is 6. The van der Waals surface area contributed by atoms with Crippen LogP contribution in [0.4, 0.5) is 11.4 Å². The first-order valence-electron chi connectivity index (χ1n) is 8.09. The summed E-state index contributed by atoms with van der Waals surface area (Å²) in [6.45, 7) is 5.60. The first kappa shape index (κ1) is 21.0. The number of benzene rings is 2. The molecular formula is C18H24N2O5S2. The van der Waals surface area contributed by atoms with Crippen molar-refractivity contribution in [2.45, 2.75) is 25.7 Å². The molecule has 0 saturated heterocycles. The molecule has 0 aliphatic rings. The standard InChI is InChI=1S/C18H24N2O5S2/c1-12-9-13(2)18(14(3)10-12)19-27(23,24)15-7-8-17(25-5)16(11-15)20(4)26(6,21)22/h7-11,19H,1-6H3. The lowest BCUT2D eigenvalue weighted by Gasteiger charge is -2.21. The lowest BCUT2D eigenvalue weighted by atomic mass is 10.1. The van der Waals surface area contributed by atoms with E-state index >= 15 is 0 Å². The van der Waals surface area contributed by atoms with E-state index in [0.717, 1.165) is 27.3 Å². The molecule has 0 bridgehead atoms. The summed E-state index contributed by atoms with van der Waals surface area (Å²) in [5.74, 6) is 0.254. The molecule has 0 aliphatic carbocycles. The van der Waals surface area contributed by atoms with Crippen molar-refractivity contribution in [1.29, 1.82) is 0 Å². The second kappa shape index (κ2) is 7.40. The van der Waals surface area contributed by atoms with Crippen molar-refractivity contribution in [3.8, 4) is 5.75 Å². The van der Waals surface area contributed by atoms with Crippen LogP contribution < -0.4 is 13.8 Å². The Kier molecular flexibility index (Phi) is 5.77. The van der Waals surface area contributed by atoms with Gasteiger partial charge in [-0.15, -0.1) is 0 Å². The SMILES string of the molecule is COc1ccc(S(=O)(=O)Nc2c(C)cc(C)cc2C)cc1N(C)S(C)(=O)=O. The minimum Gasteiger partial charge on any atom is -0.495 e. The Morgan fingerprint density at radius 1 is 0.963 bits per heavy atom. The van der Waals surface area contributed by atoms with Gasteiger partial charge in [-0.3, -0.25) is 9.03 Å². The second-order valence-corrected chi connectivity index (χ2v) is 10.1. The summed E-state index contributed by atoms with van der Waals surface area (Å²) < 4.78 is 58.3. The molecule has 148 valence electrons. The number of methoxy groups -OCH3 is 1. The van der Waals surface area contributed by atoms with Crippen LogP contribution in [0.3, 0.4) is 0 Å². The van der Waals surface area contributed by atoms with Gasteiger partial charge in [-0.05, 0) is 50.1 Å².